The van der Waals surface area contributed by atoms with Gasteiger partial charge in [-0.25, -0.2) is 0 Å². The fraction of sp³-hybridized carbons (Fsp3) is 0.871. The minimum atomic E-state index is -1.77. The van der Waals surface area contributed by atoms with Gasteiger partial charge in [0.1, 0.15) is 5.78 Å². The highest BCUT2D eigenvalue weighted by molar-refractivity contribution is 6.74. The van der Waals surface area contributed by atoms with E-state index in [1.165, 1.54) is 26.2 Å². The first-order chi connectivity index (χ1) is 16.7. The molecule has 0 aromatic heterocycles. The van der Waals surface area contributed by atoms with Crippen molar-refractivity contribution in [2.45, 2.75) is 130 Å². The molecule has 0 saturated heterocycles. The monoisotopic (exact) mass is 516 g/mol. The van der Waals surface area contributed by atoms with Crippen LogP contribution in [0.5, 0.6) is 0 Å². The summed E-state index contributed by atoms with van der Waals surface area (Å²) in [4.78, 5) is 24.4. The number of Topliss-reactive ketones (excluding diaryl/α,β-unsaturated/α-hetero) is 1. The number of carbonyl (C=O) groups excluding carboxylic acids is 2. The number of hydrogen-bond acceptors (Lipinski definition) is 4. The lowest BCUT2D eigenvalue weighted by Crippen LogP contribution is -2.52. The predicted molar refractivity (Wildman–Crippen MR) is 148 cm³/mol. The highest BCUT2D eigenvalue weighted by Gasteiger charge is 2.61. The first kappa shape index (κ1) is 28.1. The summed E-state index contributed by atoms with van der Waals surface area (Å²) in [6.07, 6.45) is 13.7. The number of hydrogen-bond donors (Lipinski definition) is 0. The SMILES string of the molecule is CC(=O)OCCCC[C@@H]1CC(=O)[C@@]2(C)CC[C@H]3[C@@H](CC=C4C[C@@H](O[Si](C)(C)C(C)(C)C)CC[C@@]43C)[C@H]12. The third-order valence-corrected chi connectivity index (χ3v) is 16.0. The fourth-order valence-electron chi connectivity index (χ4n) is 8.37. The van der Waals surface area contributed by atoms with Crippen LogP contribution in [-0.4, -0.2) is 32.8 Å². The summed E-state index contributed by atoms with van der Waals surface area (Å²) < 4.78 is 12.0. The lowest BCUT2D eigenvalue weighted by atomic mass is 9.47. The van der Waals surface area contributed by atoms with Crippen LogP contribution >= 0.6 is 0 Å². The molecule has 5 heteroatoms. The minimum absolute atomic E-state index is 0.133. The van der Waals surface area contributed by atoms with Crippen molar-refractivity contribution in [2.75, 3.05) is 6.61 Å². The summed E-state index contributed by atoms with van der Waals surface area (Å²) in [5, 5.41) is 0.246. The second kappa shape index (κ2) is 9.98. The molecule has 0 radical (unpaired) electrons. The van der Waals surface area contributed by atoms with Gasteiger partial charge >= 0.3 is 5.97 Å². The largest absolute Gasteiger partial charge is 0.466 e. The van der Waals surface area contributed by atoms with Gasteiger partial charge in [-0.15, -0.1) is 0 Å². The number of unbranched alkanes of at least 4 members (excludes halogenated alkanes) is 1. The van der Waals surface area contributed by atoms with E-state index in [2.05, 4.69) is 53.8 Å². The van der Waals surface area contributed by atoms with E-state index in [0.717, 1.165) is 44.9 Å². The topological polar surface area (TPSA) is 52.6 Å². The van der Waals surface area contributed by atoms with Crippen molar-refractivity contribution < 1.29 is 18.8 Å². The Hall–Kier alpha value is -0.943. The van der Waals surface area contributed by atoms with Gasteiger partial charge in [-0.2, -0.15) is 0 Å². The Morgan fingerprint density at radius 2 is 1.78 bits per heavy atom. The van der Waals surface area contributed by atoms with E-state index in [4.69, 9.17) is 9.16 Å². The van der Waals surface area contributed by atoms with Crippen LogP contribution in [0.1, 0.15) is 106 Å². The summed E-state index contributed by atoms with van der Waals surface area (Å²) in [5.41, 5.74) is 1.79. The quantitative estimate of drug-likeness (QED) is 0.149. The zero-order valence-electron chi connectivity index (χ0n) is 24.4. The normalized spacial score (nSPS) is 38.6. The van der Waals surface area contributed by atoms with Crippen molar-refractivity contribution in [3.8, 4) is 0 Å². The molecule has 0 spiro atoms. The molecule has 0 aromatic rings. The number of ether oxygens (including phenoxy) is 1. The average Bonchev–Trinajstić information content (AvgIpc) is 3.02. The molecule has 3 fully saturated rings. The molecule has 0 amide bonds. The van der Waals surface area contributed by atoms with Crippen LogP contribution in [0.3, 0.4) is 0 Å². The van der Waals surface area contributed by atoms with Gasteiger partial charge in [-0.3, -0.25) is 9.59 Å². The molecule has 4 nitrogen and oxygen atoms in total. The average molecular weight is 517 g/mol. The molecule has 4 aliphatic carbocycles. The molecule has 0 unspecified atom stereocenters. The van der Waals surface area contributed by atoms with Gasteiger partial charge in [-0.1, -0.05) is 46.3 Å². The molecule has 0 heterocycles. The van der Waals surface area contributed by atoms with Crippen LogP contribution in [0.15, 0.2) is 11.6 Å². The molecule has 3 saturated carbocycles. The fourth-order valence-corrected chi connectivity index (χ4v) is 9.76. The Morgan fingerprint density at radius 1 is 1.08 bits per heavy atom. The van der Waals surface area contributed by atoms with E-state index >= 15 is 0 Å². The molecule has 0 aliphatic heterocycles. The minimum Gasteiger partial charge on any atom is -0.466 e. The number of rotatable bonds is 7. The van der Waals surface area contributed by atoms with E-state index in [9.17, 15) is 9.59 Å². The molecule has 4 aliphatic rings. The Morgan fingerprint density at radius 3 is 2.44 bits per heavy atom. The Labute approximate surface area is 221 Å². The number of allylic oxidation sites excluding steroid dienone is 1. The third kappa shape index (κ3) is 5.05. The second-order valence-electron chi connectivity index (χ2n) is 14.6. The van der Waals surface area contributed by atoms with Gasteiger partial charge in [-0.05, 0) is 105 Å². The lowest BCUT2D eigenvalue weighted by Gasteiger charge is -2.58. The summed E-state index contributed by atoms with van der Waals surface area (Å²) >= 11 is 0. The van der Waals surface area contributed by atoms with E-state index in [1.807, 2.05) is 0 Å². The smallest absolute Gasteiger partial charge is 0.302 e. The van der Waals surface area contributed by atoms with Crippen LogP contribution in [0.4, 0.5) is 0 Å². The molecular formula is C31H52O4Si. The Kier molecular flexibility index (Phi) is 7.79. The van der Waals surface area contributed by atoms with E-state index in [0.29, 0.717) is 42.2 Å². The number of esters is 1. The number of carbonyl (C=O) groups is 2. The maximum atomic E-state index is 13.3. The van der Waals surface area contributed by atoms with Crippen LogP contribution < -0.4 is 0 Å². The number of ketones is 1. The standard InChI is InChI=1S/C31H52O4Si/c1-21(32)34-18-10-9-11-22-19-27(33)31(6)17-15-26-25(28(22)31)13-12-23-20-24(14-16-30(23,26)5)35-36(7,8)29(2,3)4/h12,22,24-26,28H,9-11,13-20H2,1-8H3/t22-,24+,25-,26+,28+,30+,31-/m1/s1. The Bertz CT molecular complexity index is 885. The van der Waals surface area contributed by atoms with Gasteiger partial charge in [0.05, 0.1) is 6.61 Å². The summed E-state index contributed by atoms with van der Waals surface area (Å²) in [7, 11) is -1.77. The van der Waals surface area contributed by atoms with Crippen LogP contribution in [-0.2, 0) is 18.8 Å². The maximum Gasteiger partial charge on any atom is 0.302 e. The van der Waals surface area contributed by atoms with Crippen molar-refractivity contribution >= 4 is 20.1 Å². The van der Waals surface area contributed by atoms with Crippen molar-refractivity contribution in [3.63, 3.8) is 0 Å². The molecule has 204 valence electrons. The first-order valence-electron chi connectivity index (χ1n) is 14.7. The van der Waals surface area contributed by atoms with Gasteiger partial charge in [0, 0.05) is 24.9 Å². The highest BCUT2D eigenvalue weighted by atomic mass is 28.4. The van der Waals surface area contributed by atoms with Crippen LogP contribution in [0.25, 0.3) is 0 Å². The zero-order chi connectivity index (χ0) is 26.5. The van der Waals surface area contributed by atoms with Gasteiger partial charge in [0.25, 0.3) is 0 Å². The second-order valence-corrected chi connectivity index (χ2v) is 19.4. The molecule has 0 aromatic carbocycles. The molecule has 4 rings (SSSR count). The van der Waals surface area contributed by atoms with E-state index in [-0.39, 0.29) is 21.8 Å². The summed E-state index contributed by atoms with van der Waals surface area (Å²) in [6.45, 7) is 18.6. The zero-order valence-corrected chi connectivity index (χ0v) is 25.4. The van der Waals surface area contributed by atoms with Crippen LogP contribution in [0, 0.1) is 34.5 Å². The van der Waals surface area contributed by atoms with E-state index in [1.54, 1.807) is 5.57 Å². The van der Waals surface area contributed by atoms with Crippen molar-refractivity contribution in [2.24, 2.45) is 34.5 Å². The third-order valence-electron chi connectivity index (χ3n) is 11.4. The maximum absolute atomic E-state index is 13.3. The first-order valence-corrected chi connectivity index (χ1v) is 17.6. The lowest BCUT2D eigenvalue weighted by molar-refractivity contribution is -0.141. The number of fused-ring (bicyclic) bond motifs is 5. The molecular weight excluding hydrogens is 464 g/mol. The van der Waals surface area contributed by atoms with Crippen molar-refractivity contribution in [1.29, 1.82) is 0 Å². The summed E-state index contributed by atoms with van der Waals surface area (Å²) in [5.74, 6) is 2.63. The molecule has 0 bridgehead atoms. The highest BCUT2D eigenvalue weighted by Crippen LogP contribution is 2.66. The molecule has 0 N–H and O–H groups in total. The molecule has 36 heavy (non-hydrogen) atoms. The van der Waals surface area contributed by atoms with Crippen molar-refractivity contribution in [3.05, 3.63) is 11.6 Å². The predicted octanol–water partition coefficient (Wildman–Crippen LogP) is 7.87. The molecule has 7 atom stereocenters. The van der Waals surface area contributed by atoms with E-state index < -0.39 is 8.32 Å². The van der Waals surface area contributed by atoms with Crippen molar-refractivity contribution in [1.82, 2.24) is 0 Å². The summed E-state index contributed by atoms with van der Waals surface area (Å²) in [6, 6.07) is 0. The van der Waals surface area contributed by atoms with Crippen LogP contribution in [0.2, 0.25) is 18.1 Å². The van der Waals surface area contributed by atoms with Gasteiger partial charge in [0.2, 0.25) is 0 Å². The van der Waals surface area contributed by atoms with Gasteiger partial charge in [0.15, 0.2) is 8.32 Å². The van der Waals surface area contributed by atoms with Gasteiger partial charge < -0.3 is 9.16 Å². The Balaban J connectivity index is 1.48.